The van der Waals surface area contributed by atoms with Gasteiger partial charge in [0.2, 0.25) is 0 Å². The molecular formula is C14H20N6S2. The summed E-state index contributed by atoms with van der Waals surface area (Å²) in [7, 11) is 0. The Morgan fingerprint density at radius 2 is 1.59 bits per heavy atom. The maximum absolute atomic E-state index is 5.09. The van der Waals surface area contributed by atoms with Crippen molar-refractivity contribution in [2.45, 2.75) is 13.8 Å². The molecule has 0 radical (unpaired) electrons. The first kappa shape index (κ1) is 18.0. The smallest absolute Gasteiger partial charge is 0.186 e. The van der Waals surface area contributed by atoms with Crippen LogP contribution < -0.4 is 21.5 Å². The van der Waals surface area contributed by atoms with Gasteiger partial charge in [0.25, 0.3) is 0 Å². The first-order chi connectivity index (χ1) is 10.7. The predicted molar refractivity (Wildman–Crippen MR) is 100 cm³/mol. The number of hydrogen-bond donors (Lipinski definition) is 4. The van der Waals surface area contributed by atoms with E-state index in [0.29, 0.717) is 15.9 Å². The number of nitrogens with one attached hydrogen (secondary N) is 4. The molecule has 0 aliphatic rings. The summed E-state index contributed by atoms with van der Waals surface area (Å²) in [6, 6.07) is 9.67. The molecule has 22 heavy (non-hydrogen) atoms. The largest absolute Gasteiger partial charge is 0.362 e. The Morgan fingerprint density at radius 3 is 2.18 bits per heavy atom. The number of hydrogen-bond acceptors (Lipinski definition) is 4. The fraction of sp³-hybridized carbons (Fsp3) is 0.286. The average Bonchev–Trinajstić information content (AvgIpc) is 2.52. The van der Waals surface area contributed by atoms with Crippen molar-refractivity contribution in [1.29, 1.82) is 0 Å². The molecule has 0 spiro atoms. The van der Waals surface area contributed by atoms with Crippen molar-refractivity contribution in [3.8, 4) is 0 Å². The van der Waals surface area contributed by atoms with Gasteiger partial charge in [-0.2, -0.15) is 10.2 Å². The van der Waals surface area contributed by atoms with Gasteiger partial charge in [-0.3, -0.25) is 10.9 Å². The maximum atomic E-state index is 5.09. The van der Waals surface area contributed by atoms with Crippen molar-refractivity contribution in [2.24, 2.45) is 10.2 Å². The van der Waals surface area contributed by atoms with Gasteiger partial charge >= 0.3 is 0 Å². The van der Waals surface area contributed by atoms with E-state index < -0.39 is 0 Å². The molecule has 4 N–H and O–H groups in total. The molecule has 0 saturated carbocycles. The molecule has 0 amide bonds. The molecule has 1 aromatic rings. The third-order valence-corrected chi connectivity index (χ3v) is 2.85. The van der Waals surface area contributed by atoms with Crippen molar-refractivity contribution >= 4 is 46.6 Å². The first-order valence-electron chi connectivity index (χ1n) is 6.91. The standard InChI is InChI=1S/C14H20N6S2/c1-3-15-13(21)19-17-10-12(11-8-6-5-7-9-11)18-20-14(22)16-4-2/h5-10H,3-4H2,1-2H3,(H2,15,19,21)(H2,16,20,22). The van der Waals surface area contributed by atoms with Crippen LogP contribution >= 0.6 is 24.4 Å². The summed E-state index contributed by atoms with van der Waals surface area (Å²) in [6.07, 6.45) is 1.58. The Hall–Kier alpha value is -2.06. The molecule has 1 rings (SSSR count). The van der Waals surface area contributed by atoms with E-state index in [1.165, 1.54) is 0 Å². The van der Waals surface area contributed by atoms with Gasteiger partial charge in [-0.05, 0) is 38.3 Å². The quantitative estimate of drug-likeness (QED) is 0.357. The molecule has 0 saturated heterocycles. The Labute approximate surface area is 141 Å². The first-order valence-corrected chi connectivity index (χ1v) is 7.72. The third-order valence-electron chi connectivity index (χ3n) is 2.38. The molecule has 0 bridgehead atoms. The van der Waals surface area contributed by atoms with Gasteiger partial charge in [-0.15, -0.1) is 0 Å². The maximum Gasteiger partial charge on any atom is 0.186 e. The molecule has 0 aliphatic heterocycles. The van der Waals surface area contributed by atoms with Crippen molar-refractivity contribution in [3.63, 3.8) is 0 Å². The molecule has 1 aromatic carbocycles. The number of benzene rings is 1. The van der Waals surface area contributed by atoms with Crippen molar-refractivity contribution < 1.29 is 0 Å². The Morgan fingerprint density at radius 1 is 1.00 bits per heavy atom. The van der Waals surface area contributed by atoms with Crippen molar-refractivity contribution in [2.75, 3.05) is 13.1 Å². The van der Waals surface area contributed by atoms with Gasteiger partial charge < -0.3 is 10.6 Å². The van der Waals surface area contributed by atoms with E-state index in [-0.39, 0.29) is 0 Å². The van der Waals surface area contributed by atoms with E-state index >= 15 is 0 Å². The van der Waals surface area contributed by atoms with Crippen LogP contribution in [0, 0.1) is 0 Å². The topological polar surface area (TPSA) is 72.8 Å². The highest BCUT2D eigenvalue weighted by Gasteiger charge is 2.01. The Bertz CT molecular complexity index is 542. The second-order valence-electron chi connectivity index (χ2n) is 4.06. The molecule has 0 unspecified atom stereocenters. The second kappa shape index (κ2) is 10.6. The highest BCUT2D eigenvalue weighted by molar-refractivity contribution is 7.80. The van der Waals surface area contributed by atoms with Gasteiger partial charge in [0.05, 0.1) is 6.21 Å². The highest BCUT2D eigenvalue weighted by Crippen LogP contribution is 1.99. The van der Waals surface area contributed by atoms with Crippen molar-refractivity contribution in [3.05, 3.63) is 35.9 Å². The number of hydrazone groups is 2. The Balaban J connectivity index is 2.79. The summed E-state index contributed by atoms with van der Waals surface area (Å²) in [6.45, 7) is 5.39. The summed E-state index contributed by atoms with van der Waals surface area (Å²) in [4.78, 5) is 0. The zero-order chi connectivity index (χ0) is 16.2. The van der Waals surface area contributed by atoms with Crippen LogP contribution in [0.25, 0.3) is 0 Å². The fourth-order valence-corrected chi connectivity index (χ4v) is 1.83. The van der Waals surface area contributed by atoms with E-state index in [9.17, 15) is 0 Å². The summed E-state index contributed by atoms with van der Waals surface area (Å²) in [5.41, 5.74) is 7.06. The minimum Gasteiger partial charge on any atom is -0.362 e. The molecule has 0 fully saturated rings. The van der Waals surface area contributed by atoms with Gasteiger partial charge in [0.15, 0.2) is 10.2 Å². The van der Waals surface area contributed by atoms with Crippen LogP contribution in [0.2, 0.25) is 0 Å². The number of thiocarbonyl (C=S) groups is 2. The number of rotatable bonds is 6. The van der Waals surface area contributed by atoms with Crippen LogP contribution in [-0.4, -0.2) is 35.2 Å². The fourth-order valence-electron chi connectivity index (χ4n) is 1.44. The van der Waals surface area contributed by atoms with Crippen LogP contribution in [-0.2, 0) is 0 Å². The number of nitrogens with zero attached hydrogens (tertiary/aromatic N) is 2. The van der Waals surface area contributed by atoms with Crippen LogP contribution in [0.3, 0.4) is 0 Å². The molecule has 6 nitrogen and oxygen atoms in total. The predicted octanol–water partition coefficient (Wildman–Crippen LogP) is 1.34. The lowest BCUT2D eigenvalue weighted by Crippen LogP contribution is -2.33. The van der Waals surface area contributed by atoms with E-state index in [4.69, 9.17) is 24.4 Å². The molecular weight excluding hydrogens is 316 g/mol. The monoisotopic (exact) mass is 336 g/mol. The molecule has 0 heterocycles. The van der Waals surface area contributed by atoms with E-state index in [2.05, 4.69) is 31.7 Å². The van der Waals surface area contributed by atoms with Crippen molar-refractivity contribution in [1.82, 2.24) is 21.5 Å². The van der Waals surface area contributed by atoms with E-state index in [1.54, 1.807) is 6.21 Å². The summed E-state index contributed by atoms with van der Waals surface area (Å²) in [5.74, 6) is 0. The lowest BCUT2D eigenvalue weighted by atomic mass is 10.1. The molecule has 0 atom stereocenters. The van der Waals surface area contributed by atoms with Gasteiger partial charge in [0.1, 0.15) is 5.71 Å². The minimum atomic E-state index is 0.459. The second-order valence-corrected chi connectivity index (χ2v) is 4.88. The lowest BCUT2D eigenvalue weighted by Gasteiger charge is -2.06. The zero-order valence-corrected chi connectivity index (χ0v) is 14.2. The SMILES string of the molecule is CCNC(=S)NN=CC(=NNC(=S)NCC)c1ccccc1. The van der Waals surface area contributed by atoms with Crippen LogP contribution in [0.15, 0.2) is 40.5 Å². The average molecular weight is 336 g/mol. The molecule has 0 aliphatic carbocycles. The summed E-state index contributed by atoms with van der Waals surface area (Å²) < 4.78 is 0. The minimum absolute atomic E-state index is 0.459. The van der Waals surface area contributed by atoms with Gasteiger partial charge in [-0.25, -0.2) is 0 Å². The lowest BCUT2D eigenvalue weighted by molar-refractivity contribution is 0.899. The zero-order valence-electron chi connectivity index (χ0n) is 12.6. The molecule has 118 valence electrons. The third kappa shape index (κ3) is 7.09. The van der Waals surface area contributed by atoms with Gasteiger partial charge in [0, 0.05) is 18.7 Å². The molecule has 0 aromatic heterocycles. The van der Waals surface area contributed by atoms with E-state index in [0.717, 1.165) is 18.7 Å². The van der Waals surface area contributed by atoms with Gasteiger partial charge in [-0.1, -0.05) is 30.3 Å². The highest BCUT2D eigenvalue weighted by atomic mass is 32.1. The van der Waals surface area contributed by atoms with Crippen LogP contribution in [0.4, 0.5) is 0 Å². The van der Waals surface area contributed by atoms with E-state index in [1.807, 2.05) is 44.2 Å². The Kier molecular flexibility index (Phi) is 8.70. The summed E-state index contributed by atoms with van der Waals surface area (Å²) in [5, 5.41) is 15.2. The van der Waals surface area contributed by atoms with Crippen LogP contribution in [0.1, 0.15) is 19.4 Å². The normalized spacial score (nSPS) is 11.1. The molecule has 8 heteroatoms. The van der Waals surface area contributed by atoms with Crippen LogP contribution in [0.5, 0.6) is 0 Å². The summed E-state index contributed by atoms with van der Waals surface area (Å²) >= 11 is 10.1.